The van der Waals surface area contributed by atoms with Crippen LogP contribution in [-0.4, -0.2) is 34.2 Å². The van der Waals surface area contributed by atoms with Crippen LogP contribution in [0.3, 0.4) is 0 Å². The Morgan fingerprint density at radius 1 is 1.30 bits per heavy atom. The van der Waals surface area contributed by atoms with Crippen molar-refractivity contribution >= 4 is 6.09 Å². The third-order valence-electron chi connectivity index (χ3n) is 5.17. The van der Waals surface area contributed by atoms with Gasteiger partial charge in [-0.3, -0.25) is 4.98 Å². The SMILES string of the molecule is CC1(c2ccc(C#N)cn2)Oc2cccc(C3CCN(C(=O)O)CC3)c2O1. The number of fused-ring (bicyclic) bond motifs is 1. The van der Waals surface area contributed by atoms with E-state index < -0.39 is 11.9 Å². The first kappa shape index (κ1) is 17.2. The predicted molar refractivity (Wildman–Crippen MR) is 95.6 cm³/mol. The molecule has 0 saturated carbocycles. The van der Waals surface area contributed by atoms with Gasteiger partial charge in [-0.15, -0.1) is 0 Å². The highest BCUT2D eigenvalue weighted by molar-refractivity contribution is 5.65. The van der Waals surface area contributed by atoms with E-state index >= 15 is 0 Å². The second-order valence-electron chi connectivity index (χ2n) is 6.91. The molecule has 1 amide bonds. The van der Waals surface area contributed by atoms with E-state index in [0.29, 0.717) is 35.8 Å². The van der Waals surface area contributed by atoms with E-state index in [0.717, 1.165) is 18.4 Å². The van der Waals surface area contributed by atoms with Gasteiger partial charge < -0.3 is 19.5 Å². The number of benzene rings is 1. The Morgan fingerprint density at radius 3 is 2.70 bits per heavy atom. The normalized spacial score (nSPS) is 21.7. The number of aromatic nitrogens is 1. The molecule has 0 bridgehead atoms. The Balaban J connectivity index is 1.58. The first-order chi connectivity index (χ1) is 13.0. The van der Waals surface area contributed by atoms with Crippen molar-refractivity contribution in [2.45, 2.75) is 31.5 Å². The number of amides is 1. The summed E-state index contributed by atoms with van der Waals surface area (Å²) in [6.45, 7) is 2.83. The Labute approximate surface area is 156 Å². The summed E-state index contributed by atoms with van der Waals surface area (Å²) in [5.41, 5.74) is 2.10. The summed E-state index contributed by atoms with van der Waals surface area (Å²) >= 11 is 0. The average Bonchev–Trinajstić information content (AvgIpc) is 3.05. The zero-order valence-corrected chi connectivity index (χ0v) is 14.9. The number of carbonyl (C=O) groups is 1. The van der Waals surface area contributed by atoms with Gasteiger partial charge in [-0.1, -0.05) is 12.1 Å². The average molecular weight is 365 g/mol. The van der Waals surface area contributed by atoms with E-state index in [9.17, 15) is 4.79 Å². The maximum absolute atomic E-state index is 11.1. The van der Waals surface area contributed by atoms with E-state index in [1.54, 1.807) is 19.1 Å². The lowest BCUT2D eigenvalue weighted by atomic mass is 9.89. The summed E-state index contributed by atoms with van der Waals surface area (Å²) in [7, 11) is 0. The number of ether oxygens (including phenoxy) is 2. The van der Waals surface area contributed by atoms with Gasteiger partial charge in [0.15, 0.2) is 11.5 Å². The van der Waals surface area contributed by atoms with E-state index in [1.165, 1.54) is 11.1 Å². The molecule has 138 valence electrons. The molecule has 0 radical (unpaired) electrons. The fourth-order valence-electron chi connectivity index (χ4n) is 3.68. The molecule has 2 aliphatic heterocycles. The number of hydrogen-bond donors (Lipinski definition) is 1. The summed E-state index contributed by atoms with van der Waals surface area (Å²) in [5.74, 6) is 0.506. The first-order valence-corrected chi connectivity index (χ1v) is 8.85. The highest BCUT2D eigenvalue weighted by Crippen LogP contribution is 2.48. The summed E-state index contributed by atoms with van der Waals surface area (Å²) in [6, 6.07) is 11.3. The molecule has 0 aliphatic carbocycles. The molecule has 1 unspecified atom stereocenters. The van der Waals surface area contributed by atoms with Crippen LogP contribution < -0.4 is 9.47 Å². The number of rotatable bonds is 2. The Kier molecular flexibility index (Phi) is 4.11. The van der Waals surface area contributed by atoms with Crippen LogP contribution in [0.15, 0.2) is 36.5 Å². The molecule has 7 nitrogen and oxygen atoms in total. The number of carboxylic acid groups (broad SMARTS) is 1. The second kappa shape index (κ2) is 6.47. The number of likely N-dealkylation sites (tertiary alicyclic amines) is 1. The molecule has 3 heterocycles. The number of piperidine rings is 1. The van der Waals surface area contributed by atoms with Crippen molar-refractivity contribution in [3.8, 4) is 17.6 Å². The lowest BCUT2D eigenvalue weighted by molar-refractivity contribution is -0.0722. The summed E-state index contributed by atoms with van der Waals surface area (Å²) in [6.07, 6.45) is 2.13. The van der Waals surface area contributed by atoms with Gasteiger partial charge in [0.25, 0.3) is 5.79 Å². The van der Waals surface area contributed by atoms with Gasteiger partial charge in [0, 0.05) is 31.8 Å². The molecule has 0 spiro atoms. The molecule has 1 aromatic heterocycles. The minimum Gasteiger partial charge on any atom is -0.465 e. The highest BCUT2D eigenvalue weighted by atomic mass is 16.7. The zero-order chi connectivity index (χ0) is 19.0. The quantitative estimate of drug-likeness (QED) is 0.876. The number of nitrogens with zero attached hydrogens (tertiary/aromatic N) is 3. The minimum absolute atomic E-state index is 0.218. The molecule has 1 aromatic carbocycles. The van der Waals surface area contributed by atoms with Crippen LogP contribution in [0.1, 0.15) is 42.5 Å². The highest BCUT2D eigenvalue weighted by Gasteiger charge is 2.42. The van der Waals surface area contributed by atoms with E-state index in [1.807, 2.05) is 24.3 Å². The standard InChI is InChI=1S/C20H19N3O4/c1-20(17-6-5-13(11-21)12-22-17)26-16-4-2-3-15(18(16)27-20)14-7-9-23(10-8-14)19(24)25/h2-6,12,14H,7-10H2,1H3,(H,24,25). The van der Waals surface area contributed by atoms with Crippen LogP contribution >= 0.6 is 0 Å². The topological polar surface area (TPSA) is 95.7 Å². The van der Waals surface area contributed by atoms with Crippen molar-refractivity contribution in [1.29, 1.82) is 5.26 Å². The molecule has 4 rings (SSSR count). The van der Waals surface area contributed by atoms with Gasteiger partial charge in [0.1, 0.15) is 11.8 Å². The van der Waals surface area contributed by atoms with E-state index in [-0.39, 0.29) is 5.92 Å². The summed E-state index contributed by atoms with van der Waals surface area (Å²) in [5, 5.41) is 18.1. The van der Waals surface area contributed by atoms with Gasteiger partial charge >= 0.3 is 6.09 Å². The first-order valence-electron chi connectivity index (χ1n) is 8.85. The fraction of sp³-hybridized carbons (Fsp3) is 0.350. The molecule has 1 N–H and O–H groups in total. The van der Waals surface area contributed by atoms with Crippen LogP contribution in [0.4, 0.5) is 4.79 Å². The molecular formula is C20H19N3O4. The second-order valence-corrected chi connectivity index (χ2v) is 6.91. The smallest absolute Gasteiger partial charge is 0.407 e. The van der Waals surface area contributed by atoms with E-state index in [4.69, 9.17) is 19.8 Å². The summed E-state index contributed by atoms with van der Waals surface area (Å²) in [4.78, 5) is 16.9. The van der Waals surface area contributed by atoms with Crippen LogP contribution in [0.2, 0.25) is 0 Å². The molecule has 1 atom stereocenters. The third-order valence-corrected chi connectivity index (χ3v) is 5.17. The maximum atomic E-state index is 11.1. The molecule has 1 saturated heterocycles. The molecule has 2 aliphatic rings. The van der Waals surface area contributed by atoms with Crippen LogP contribution in [-0.2, 0) is 5.79 Å². The van der Waals surface area contributed by atoms with Crippen molar-refractivity contribution in [2.24, 2.45) is 0 Å². The molecule has 2 aromatic rings. The molecule has 1 fully saturated rings. The predicted octanol–water partition coefficient (Wildman–Crippen LogP) is 3.45. The third kappa shape index (κ3) is 3.04. The number of pyridine rings is 1. The van der Waals surface area contributed by atoms with E-state index in [2.05, 4.69) is 4.98 Å². The van der Waals surface area contributed by atoms with Crippen LogP contribution in [0.5, 0.6) is 11.5 Å². The molecule has 27 heavy (non-hydrogen) atoms. The van der Waals surface area contributed by atoms with Crippen LogP contribution in [0.25, 0.3) is 0 Å². The van der Waals surface area contributed by atoms with Gasteiger partial charge in [-0.2, -0.15) is 5.26 Å². The largest absolute Gasteiger partial charge is 0.465 e. The molecular weight excluding hydrogens is 346 g/mol. The van der Waals surface area contributed by atoms with Crippen molar-refractivity contribution in [2.75, 3.05) is 13.1 Å². The van der Waals surface area contributed by atoms with Crippen molar-refractivity contribution in [1.82, 2.24) is 9.88 Å². The molecule has 7 heteroatoms. The lowest BCUT2D eigenvalue weighted by Gasteiger charge is -2.30. The number of hydrogen-bond acceptors (Lipinski definition) is 5. The number of para-hydroxylation sites is 1. The monoisotopic (exact) mass is 365 g/mol. The van der Waals surface area contributed by atoms with Crippen molar-refractivity contribution in [3.05, 3.63) is 53.3 Å². The Bertz CT molecular complexity index is 914. The summed E-state index contributed by atoms with van der Waals surface area (Å²) < 4.78 is 12.3. The van der Waals surface area contributed by atoms with Crippen LogP contribution in [0, 0.1) is 11.3 Å². The Hall–Kier alpha value is -3.27. The van der Waals surface area contributed by atoms with Gasteiger partial charge in [-0.25, -0.2) is 4.79 Å². The van der Waals surface area contributed by atoms with Crippen molar-refractivity contribution in [3.63, 3.8) is 0 Å². The fourth-order valence-corrected chi connectivity index (χ4v) is 3.68. The Morgan fingerprint density at radius 2 is 2.07 bits per heavy atom. The van der Waals surface area contributed by atoms with Gasteiger partial charge in [0.2, 0.25) is 0 Å². The minimum atomic E-state index is -1.06. The van der Waals surface area contributed by atoms with Crippen molar-refractivity contribution < 1.29 is 19.4 Å². The maximum Gasteiger partial charge on any atom is 0.407 e. The van der Waals surface area contributed by atoms with Gasteiger partial charge in [-0.05, 0) is 37.0 Å². The zero-order valence-electron chi connectivity index (χ0n) is 14.9. The number of nitriles is 1. The van der Waals surface area contributed by atoms with Gasteiger partial charge in [0.05, 0.1) is 5.56 Å². The lowest BCUT2D eigenvalue weighted by Crippen LogP contribution is -2.37.